The number of carbonyl (C=O) groups is 1. The summed E-state index contributed by atoms with van der Waals surface area (Å²) in [6, 6.07) is 11.9. The lowest BCUT2D eigenvalue weighted by Crippen LogP contribution is -2.21. The van der Waals surface area contributed by atoms with Crippen LogP contribution in [0.4, 0.5) is 4.39 Å². The van der Waals surface area contributed by atoms with Crippen molar-refractivity contribution in [3.8, 4) is 0 Å². The Labute approximate surface area is 152 Å². The molecule has 0 fully saturated rings. The Morgan fingerprint density at radius 1 is 1.24 bits per heavy atom. The molecule has 0 radical (unpaired) electrons. The second-order valence-corrected chi connectivity index (χ2v) is 6.36. The predicted molar refractivity (Wildman–Crippen MR) is 97.1 cm³/mol. The van der Waals surface area contributed by atoms with E-state index in [0.717, 1.165) is 11.6 Å². The van der Waals surface area contributed by atoms with E-state index in [1.807, 2.05) is 37.3 Å². The van der Waals surface area contributed by atoms with Crippen molar-refractivity contribution in [3.63, 3.8) is 0 Å². The number of fused-ring (bicyclic) bond motifs is 1. The van der Waals surface area contributed by atoms with Crippen molar-refractivity contribution in [1.82, 2.24) is 4.57 Å². The van der Waals surface area contributed by atoms with Gasteiger partial charge in [0.15, 0.2) is 0 Å². The van der Waals surface area contributed by atoms with E-state index in [2.05, 4.69) is 15.9 Å². The molecular weight excluding hydrogens is 389 g/mol. The van der Waals surface area contributed by atoms with Crippen LogP contribution in [0.2, 0.25) is 0 Å². The second-order valence-electron chi connectivity index (χ2n) is 5.50. The summed E-state index contributed by atoms with van der Waals surface area (Å²) < 4.78 is 21.1. The van der Waals surface area contributed by atoms with Gasteiger partial charge in [-0.3, -0.25) is 4.79 Å². The third kappa shape index (κ3) is 3.49. The molecular formula is C19H15BrFNO3. The van der Waals surface area contributed by atoms with E-state index in [9.17, 15) is 14.0 Å². The Hall–Kier alpha value is -2.47. The first kappa shape index (κ1) is 17.4. The minimum atomic E-state index is -0.721. The van der Waals surface area contributed by atoms with Gasteiger partial charge >= 0.3 is 5.97 Å². The first-order valence-electron chi connectivity index (χ1n) is 7.74. The molecule has 0 atom stereocenters. The third-order valence-corrected chi connectivity index (χ3v) is 4.50. The monoisotopic (exact) mass is 403 g/mol. The van der Waals surface area contributed by atoms with Crippen molar-refractivity contribution in [2.75, 3.05) is 0 Å². The summed E-state index contributed by atoms with van der Waals surface area (Å²) in [6.07, 6.45) is 1.46. The number of benzene rings is 2. The van der Waals surface area contributed by atoms with Gasteiger partial charge in [-0.2, -0.15) is 0 Å². The summed E-state index contributed by atoms with van der Waals surface area (Å²) in [7, 11) is 0. The van der Waals surface area contributed by atoms with E-state index in [-0.39, 0.29) is 22.0 Å². The Morgan fingerprint density at radius 3 is 2.64 bits per heavy atom. The van der Waals surface area contributed by atoms with Crippen LogP contribution in [0.15, 0.2) is 57.9 Å². The van der Waals surface area contributed by atoms with Gasteiger partial charge < -0.3 is 9.30 Å². The normalized spacial score (nSPS) is 10.8. The molecule has 1 heterocycles. The van der Waals surface area contributed by atoms with Gasteiger partial charge in [-0.1, -0.05) is 30.3 Å². The Morgan fingerprint density at radius 2 is 1.96 bits per heavy atom. The van der Waals surface area contributed by atoms with Crippen LogP contribution in [0.1, 0.15) is 22.8 Å². The van der Waals surface area contributed by atoms with E-state index in [1.54, 1.807) is 4.57 Å². The molecule has 0 aliphatic carbocycles. The van der Waals surface area contributed by atoms with E-state index < -0.39 is 17.2 Å². The molecule has 6 heteroatoms. The molecule has 0 amide bonds. The van der Waals surface area contributed by atoms with Gasteiger partial charge in [0, 0.05) is 18.1 Å². The maximum absolute atomic E-state index is 13.9. The molecule has 0 N–H and O–H groups in total. The van der Waals surface area contributed by atoms with Crippen molar-refractivity contribution in [1.29, 1.82) is 0 Å². The molecule has 0 unspecified atom stereocenters. The molecule has 0 bridgehead atoms. The average molecular weight is 404 g/mol. The fraction of sp³-hybridized carbons (Fsp3) is 0.158. The number of carbonyl (C=O) groups excluding carboxylic acids is 1. The van der Waals surface area contributed by atoms with E-state index in [4.69, 9.17) is 4.74 Å². The van der Waals surface area contributed by atoms with Crippen LogP contribution >= 0.6 is 15.9 Å². The topological polar surface area (TPSA) is 48.3 Å². The zero-order chi connectivity index (χ0) is 18.0. The molecule has 3 aromatic rings. The summed E-state index contributed by atoms with van der Waals surface area (Å²) in [6.45, 7) is 2.46. The summed E-state index contributed by atoms with van der Waals surface area (Å²) >= 11 is 3.12. The highest BCUT2D eigenvalue weighted by Crippen LogP contribution is 2.22. The molecule has 25 heavy (non-hydrogen) atoms. The van der Waals surface area contributed by atoms with Crippen LogP contribution in [-0.2, 0) is 17.9 Å². The first-order valence-corrected chi connectivity index (χ1v) is 8.53. The number of halogens is 2. The Kier molecular flexibility index (Phi) is 4.99. The maximum Gasteiger partial charge on any atom is 0.343 e. The molecule has 0 spiro atoms. The van der Waals surface area contributed by atoms with Crippen LogP contribution in [0.5, 0.6) is 0 Å². The zero-order valence-electron chi connectivity index (χ0n) is 13.5. The summed E-state index contributed by atoms with van der Waals surface area (Å²) in [5, 5.41) is 0.150. The van der Waals surface area contributed by atoms with Gasteiger partial charge in [0.2, 0.25) is 5.43 Å². The number of aryl methyl sites for hydroxylation is 1. The van der Waals surface area contributed by atoms with Gasteiger partial charge in [0.05, 0.1) is 9.99 Å². The van der Waals surface area contributed by atoms with Gasteiger partial charge in [0.1, 0.15) is 18.0 Å². The number of esters is 1. The molecule has 4 nitrogen and oxygen atoms in total. The van der Waals surface area contributed by atoms with Crippen molar-refractivity contribution >= 4 is 32.8 Å². The summed E-state index contributed by atoms with van der Waals surface area (Å²) in [5.74, 6) is -1.27. The van der Waals surface area contributed by atoms with E-state index >= 15 is 0 Å². The SMILES string of the molecule is CCn1cc(C(=O)OCc2ccccc2)c(=O)c2cc(F)c(Br)cc21. The fourth-order valence-corrected chi connectivity index (χ4v) is 2.92. The van der Waals surface area contributed by atoms with Gasteiger partial charge in [-0.25, -0.2) is 9.18 Å². The highest BCUT2D eigenvalue weighted by Gasteiger charge is 2.18. The number of aromatic nitrogens is 1. The van der Waals surface area contributed by atoms with Crippen molar-refractivity contribution in [2.45, 2.75) is 20.1 Å². The average Bonchev–Trinajstić information content (AvgIpc) is 2.62. The number of pyridine rings is 1. The smallest absolute Gasteiger partial charge is 0.343 e. The first-order chi connectivity index (χ1) is 12.0. The number of hydrogen-bond acceptors (Lipinski definition) is 3. The molecule has 1 aromatic heterocycles. The van der Waals surface area contributed by atoms with Crippen LogP contribution in [0.25, 0.3) is 10.9 Å². The number of ether oxygens (including phenoxy) is 1. The molecule has 2 aromatic carbocycles. The lowest BCUT2D eigenvalue weighted by molar-refractivity contribution is 0.0470. The Bertz CT molecular complexity index is 999. The van der Waals surface area contributed by atoms with Gasteiger partial charge in [0.25, 0.3) is 0 Å². The number of nitrogens with zero attached hydrogens (tertiary/aromatic N) is 1. The lowest BCUT2D eigenvalue weighted by Gasteiger charge is -2.12. The number of hydrogen-bond donors (Lipinski definition) is 0. The zero-order valence-corrected chi connectivity index (χ0v) is 15.0. The minimum absolute atomic E-state index is 0.0674. The fourth-order valence-electron chi connectivity index (χ4n) is 2.59. The summed E-state index contributed by atoms with van der Waals surface area (Å²) in [4.78, 5) is 25.0. The highest BCUT2D eigenvalue weighted by molar-refractivity contribution is 9.10. The van der Waals surface area contributed by atoms with Crippen LogP contribution in [0, 0.1) is 5.82 Å². The third-order valence-electron chi connectivity index (χ3n) is 3.90. The molecule has 0 aliphatic heterocycles. The van der Waals surface area contributed by atoms with Crippen molar-refractivity contribution in [3.05, 3.63) is 80.3 Å². The molecule has 0 saturated heterocycles. The van der Waals surface area contributed by atoms with Gasteiger partial charge in [-0.05, 0) is 40.5 Å². The largest absolute Gasteiger partial charge is 0.457 e. The standard InChI is InChI=1S/C19H15BrFNO3/c1-2-22-10-14(19(24)25-11-12-6-4-3-5-7-12)18(23)13-8-16(21)15(20)9-17(13)22/h3-10H,2,11H2,1H3. The van der Waals surface area contributed by atoms with E-state index in [0.29, 0.717) is 12.1 Å². The quantitative estimate of drug-likeness (QED) is 0.610. The van der Waals surface area contributed by atoms with Crippen LogP contribution < -0.4 is 5.43 Å². The van der Waals surface area contributed by atoms with E-state index in [1.165, 1.54) is 12.3 Å². The van der Waals surface area contributed by atoms with Gasteiger partial charge in [-0.15, -0.1) is 0 Å². The number of rotatable bonds is 4. The van der Waals surface area contributed by atoms with Crippen LogP contribution in [0.3, 0.4) is 0 Å². The highest BCUT2D eigenvalue weighted by atomic mass is 79.9. The molecule has 3 rings (SSSR count). The van der Waals surface area contributed by atoms with Crippen LogP contribution in [-0.4, -0.2) is 10.5 Å². The van der Waals surface area contributed by atoms with Crippen molar-refractivity contribution in [2.24, 2.45) is 0 Å². The molecule has 0 saturated carbocycles. The summed E-state index contributed by atoms with van der Waals surface area (Å²) in [5.41, 5.74) is 0.735. The molecule has 128 valence electrons. The Balaban J connectivity index is 2.01. The molecule has 0 aliphatic rings. The lowest BCUT2D eigenvalue weighted by atomic mass is 10.1. The maximum atomic E-state index is 13.9. The predicted octanol–water partition coefficient (Wildman–Crippen LogP) is 4.28. The minimum Gasteiger partial charge on any atom is -0.457 e. The second kappa shape index (κ2) is 7.19. The van der Waals surface area contributed by atoms with Crippen molar-refractivity contribution < 1.29 is 13.9 Å².